The van der Waals surface area contributed by atoms with Crippen molar-refractivity contribution < 1.29 is 67.0 Å². The molecule has 4 rings (SSSR count). The molecule has 2 aromatic carbocycles. The summed E-state index contributed by atoms with van der Waals surface area (Å²) in [4.78, 5) is 26.2. The fourth-order valence-corrected chi connectivity index (χ4v) is 8.46. The van der Waals surface area contributed by atoms with E-state index in [1.807, 2.05) is 0 Å². The monoisotopic (exact) mass is 691 g/mol. The van der Waals surface area contributed by atoms with Gasteiger partial charge in [-0.15, -0.1) is 0 Å². The third-order valence-electron chi connectivity index (χ3n) is 8.76. The van der Waals surface area contributed by atoms with Crippen molar-refractivity contribution >= 4 is 21.7 Å². The highest BCUT2D eigenvalue weighted by molar-refractivity contribution is 7.92. The van der Waals surface area contributed by atoms with E-state index in [-0.39, 0.29) is 25.0 Å². The Bertz CT molecular complexity index is 1560. The second kappa shape index (κ2) is 11.7. The average molecular weight is 692 g/mol. The molecule has 1 atom stereocenters. The third kappa shape index (κ3) is 5.94. The molecule has 0 spiro atoms. The number of benzene rings is 2. The van der Waals surface area contributed by atoms with Crippen LogP contribution in [0.2, 0.25) is 0 Å². The largest absolute Gasteiger partial charge is 0.480 e. The number of amides is 1. The molecule has 1 unspecified atom stereocenters. The van der Waals surface area contributed by atoms with Crippen molar-refractivity contribution in [2.24, 2.45) is 5.41 Å². The van der Waals surface area contributed by atoms with Crippen LogP contribution in [0.25, 0.3) is 0 Å². The van der Waals surface area contributed by atoms with Gasteiger partial charge in [0.05, 0.1) is 11.3 Å². The number of carboxylic acids is 1. The normalized spacial score (nSPS) is 21.3. The Hall–Kier alpha value is -3.37. The van der Waals surface area contributed by atoms with E-state index in [2.05, 4.69) is 0 Å². The van der Waals surface area contributed by atoms with E-state index in [1.54, 1.807) is 0 Å². The van der Waals surface area contributed by atoms with Crippen LogP contribution in [0.1, 0.15) is 55.2 Å². The van der Waals surface area contributed by atoms with Crippen LogP contribution in [-0.2, 0) is 36.3 Å². The van der Waals surface area contributed by atoms with Crippen LogP contribution in [0, 0.1) is 5.41 Å². The van der Waals surface area contributed by atoms with Gasteiger partial charge in [-0.1, -0.05) is 55.7 Å². The molecule has 6 nitrogen and oxygen atoms in total. The lowest BCUT2D eigenvalue weighted by molar-refractivity contribution is -0.348. The average Bonchev–Trinajstić information content (AvgIpc) is 3.42. The minimum absolute atomic E-state index is 0.0704. The van der Waals surface area contributed by atoms with Crippen LogP contribution in [0.4, 0.5) is 43.9 Å². The van der Waals surface area contributed by atoms with E-state index < -0.39 is 104 Å². The van der Waals surface area contributed by atoms with Crippen molar-refractivity contribution in [1.29, 1.82) is 0 Å². The Balaban J connectivity index is 1.86. The van der Waals surface area contributed by atoms with Crippen LogP contribution >= 0.6 is 0 Å². The third-order valence-corrected chi connectivity index (χ3v) is 11.2. The topological polar surface area (TPSA) is 91.8 Å². The number of carbonyl (C=O) groups is 2. The van der Waals surface area contributed by atoms with Crippen molar-refractivity contribution in [1.82, 2.24) is 4.90 Å². The Morgan fingerprint density at radius 1 is 0.804 bits per heavy atom. The molecule has 1 heterocycles. The summed E-state index contributed by atoms with van der Waals surface area (Å²) in [5.41, 5.74) is -10.6. The van der Waals surface area contributed by atoms with Gasteiger partial charge in [-0.2, -0.15) is 39.5 Å². The molecular formula is C29H27F10NO5S. The molecule has 0 bridgehead atoms. The van der Waals surface area contributed by atoms with E-state index >= 15 is 0 Å². The number of halogens is 10. The minimum Gasteiger partial charge on any atom is -0.480 e. The van der Waals surface area contributed by atoms with Gasteiger partial charge in [0.1, 0.15) is 10.2 Å². The quantitative estimate of drug-likeness (QED) is 0.249. The molecule has 2 aliphatic rings. The molecule has 1 saturated heterocycles. The number of aliphatic carboxylic acids is 1. The first-order valence-corrected chi connectivity index (χ1v) is 15.4. The molecule has 0 radical (unpaired) electrons. The summed E-state index contributed by atoms with van der Waals surface area (Å²) in [5, 5.41) is 9.99. The Labute approximate surface area is 256 Å². The van der Waals surface area contributed by atoms with Crippen LogP contribution in [-0.4, -0.2) is 61.9 Å². The predicted molar refractivity (Wildman–Crippen MR) is 141 cm³/mol. The fraction of sp³-hybridized carbons (Fsp3) is 0.517. The summed E-state index contributed by atoms with van der Waals surface area (Å²) in [6.07, 6.45) is -18.5. The van der Waals surface area contributed by atoms with Gasteiger partial charge in [-0.05, 0) is 42.5 Å². The molecule has 46 heavy (non-hydrogen) atoms. The molecule has 0 aromatic heterocycles. The van der Waals surface area contributed by atoms with Crippen molar-refractivity contribution in [3.05, 3.63) is 65.2 Å². The highest BCUT2D eigenvalue weighted by Gasteiger charge is 2.73. The number of hydrogen-bond donors (Lipinski definition) is 1. The van der Waals surface area contributed by atoms with Crippen molar-refractivity contribution in [3.8, 4) is 0 Å². The van der Waals surface area contributed by atoms with Crippen molar-refractivity contribution in [3.63, 3.8) is 0 Å². The molecule has 1 N–H and O–H groups in total. The Kier molecular flexibility index (Phi) is 9.03. The zero-order chi connectivity index (χ0) is 34.6. The standard InChI is InChI=1S/C29H27F10NO5S/c30-26(31,32)16-18-5-4-6-21(15-18)46(44,45)25(13-14-40(17-25)22(41)24(23(42)43)11-2-1-3-12-24)19-7-9-20(10-8-19)27(33,28(34,35)36)29(37,38)39/h4-10,15H,1-3,11-14,16-17H2,(H,42,43). The van der Waals surface area contributed by atoms with Crippen LogP contribution in [0.15, 0.2) is 53.4 Å². The smallest absolute Gasteiger partial charge is 0.435 e. The summed E-state index contributed by atoms with van der Waals surface area (Å²) in [7, 11) is -4.92. The summed E-state index contributed by atoms with van der Waals surface area (Å²) in [6.45, 7) is -1.25. The molecule has 1 saturated carbocycles. The Morgan fingerprint density at radius 2 is 1.37 bits per heavy atom. The Morgan fingerprint density at radius 3 is 1.87 bits per heavy atom. The lowest BCUT2D eigenvalue weighted by Gasteiger charge is -2.36. The number of nitrogens with zero attached hydrogens (tertiary/aromatic N) is 1. The van der Waals surface area contributed by atoms with E-state index in [9.17, 15) is 67.0 Å². The van der Waals surface area contributed by atoms with Gasteiger partial charge in [0, 0.05) is 18.7 Å². The molecule has 1 aliphatic carbocycles. The maximum atomic E-state index is 14.7. The van der Waals surface area contributed by atoms with Crippen LogP contribution in [0.3, 0.4) is 0 Å². The van der Waals surface area contributed by atoms with Crippen LogP contribution < -0.4 is 0 Å². The van der Waals surface area contributed by atoms with Crippen molar-refractivity contribution in [2.75, 3.05) is 13.1 Å². The maximum Gasteiger partial charge on any atom is 0.435 e. The van der Waals surface area contributed by atoms with Gasteiger partial charge in [0.15, 0.2) is 9.84 Å². The van der Waals surface area contributed by atoms with E-state index in [0.29, 0.717) is 37.5 Å². The molecule has 2 fully saturated rings. The molecule has 2 aromatic rings. The first-order valence-electron chi connectivity index (χ1n) is 13.9. The summed E-state index contributed by atoms with van der Waals surface area (Å²) in [5.74, 6) is -2.41. The first-order chi connectivity index (χ1) is 21.0. The zero-order valence-corrected chi connectivity index (χ0v) is 24.5. The highest BCUT2D eigenvalue weighted by atomic mass is 32.2. The van der Waals surface area contributed by atoms with Gasteiger partial charge >= 0.3 is 30.2 Å². The predicted octanol–water partition coefficient (Wildman–Crippen LogP) is 7.02. The van der Waals surface area contributed by atoms with E-state index in [0.717, 1.165) is 23.1 Å². The molecule has 17 heteroatoms. The van der Waals surface area contributed by atoms with Gasteiger partial charge in [0.25, 0.3) is 0 Å². The zero-order valence-electron chi connectivity index (χ0n) is 23.7. The second-order valence-electron chi connectivity index (χ2n) is 11.6. The maximum absolute atomic E-state index is 14.7. The molecular weight excluding hydrogens is 664 g/mol. The van der Waals surface area contributed by atoms with Gasteiger partial charge in [0.2, 0.25) is 5.91 Å². The number of likely N-dealkylation sites (tertiary alicyclic amines) is 1. The van der Waals surface area contributed by atoms with E-state index in [4.69, 9.17) is 0 Å². The molecule has 1 amide bonds. The number of rotatable bonds is 7. The van der Waals surface area contributed by atoms with E-state index in [1.165, 1.54) is 0 Å². The van der Waals surface area contributed by atoms with Crippen LogP contribution in [0.5, 0.6) is 0 Å². The first kappa shape index (κ1) is 35.5. The minimum atomic E-state index is -6.46. The summed E-state index contributed by atoms with van der Waals surface area (Å²) in [6, 6.07) is 4.93. The van der Waals surface area contributed by atoms with Gasteiger partial charge < -0.3 is 10.0 Å². The SMILES string of the molecule is O=C(O)C1(C(=O)N2CCC(c3ccc(C(F)(C(F)(F)F)C(F)(F)F)cc3)(S(=O)(=O)c3cccc(CC(F)(F)F)c3)C2)CCCCC1. The fourth-order valence-electron chi connectivity index (χ4n) is 6.31. The summed E-state index contributed by atoms with van der Waals surface area (Å²) < 4.78 is 160. The second-order valence-corrected chi connectivity index (χ2v) is 13.9. The number of alkyl halides is 10. The number of carboxylic acid groups (broad SMARTS) is 1. The number of sulfone groups is 1. The lowest BCUT2D eigenvalue weighted by atomic mass is 9.73. The number of hydrogen-bond acceptors (Lipinski definition) is 4. The molecule has 1 aliphatic heterocycles. The van der Waals surface area contributed by atoms with Gasteiger partial charge in [-0.25, -0.2) is 12.8 Å². The highest BCUT2D eigenvalue weighted by Crippen LogP contribution is 2.54. The van der Waals surface area contributed by atoms with Gasteiger partial charge in [-0.3, -0.25) is 9.59 Å². The lowest BCUT2D eigenvalue weighted by Crippen LogP contribution is -2.51. The van der Waals surface area contributed by atoms with Crippen molar-refractivity contribution in [2.45, 2.75) is 78.8 Å². The summed E-state index contributed by atoms with van der Waals surface area (Å²) >= 11 is 0. The molecule has 254 valence electrons. The number of carbonyl (C=O) groups excluding carboxylic acids is 1.